The van der Waals surface area contributed by atoms with Crippen molar-refractivity contribution in [1.29, 1.82) is 0 Å². The summed E-state index contributed by atoms with van der Waals surface area (Å²) in [5, 5.41) is 3.27. The van der Waals surface area contributed by atoms with Gasteiger partial charge in [0, 0.05) is 13.1 Å². The molecule has 16 heavy (non-hydrogen) atoms. The fourth-order valence-corrected chi connectivity index (χ4v) is 3.11. The molecule has 0 radical (unpaired) electrons. The van der Waals surface area contributed by atoms with Crippen molar-refractivity contribution in [3.05, 3.63) is 34.9 Å². The Labute approximate surface area is 103 Å². The first-order valence-electron chi connectivity index (χ1n) is 5.20. The Morgan fingerprint density at radius 1 is 1.12 bits per heavy atom. The fourth-order valence-electron chi connectivity index (χ4n) is 2.28. The summed E-state index contributed by atoms with van der Waals surface area (Å²) in [5.74, 6) is 0. The lowest BCUT2D eigenvalue weighted by Crippen LogP contribution is -2.08. The number of fused-ring (bicyclic) bond motifs is 1. The number of halogens is 1. The van der Waals surface area contributed by atoms with Gasteiger partial charge in [-0.1, -0.05) is 18.2 Å². The van der Waals surface area contributed by atoms with Crippen LogP contribution in [0.4, 0.5) is 0 Å². The SMILES string of the molecule is Cl.O=[SH](=O)C1(c2ccc3c(c2)CNC3)CC1. The third-order valence-electron chi connectivity index (χ3n) is 3.45. The third-order valence-corrected chi connectivity index (χ3v) is 4.85. The molecule has 0 bridgehead atoms. The average molecular weight is 260 g/mol. The molecular weight excluding hydrogens is 246 g/mol. The van der Waals surface area contributed by atoms with E-state index in [0.717, 1.165) is 31.5 Å². The summed E-state index contributed by atoms with van der Waals surface area (Å²) >= 11 is 0. The molecule has 3 rings (SSSR count). The highest BCUT2D eigenvalue weighted by molar-refractivity contribution is 7.74. The van der Waals surface area contributed by atoms with Gasteiger partial charge in [0.05, 0.1) is 4.75 Å². The molecule has 5 heteroatoms. The lowest BCUT2D eigenvalue weighted by molar-refractivity contribution is 0.600. The minimum atomic E-state index is -2.34. The standard InChI is InChI=1S/C11H13NO2S.ClH/c13-15(14)11(3-4-11)10-2-1-8-6-12-7-9(8)5-10;/h1-2,5,12,15H,3-4,6-7H2;1H. The van der Waals surface area contributed by atoms with E-state index in [2.05, 4.69) is 17.4 Å². The van der Waals surface area contributed by atoms with Gasteiger partial charge in [0.15, 0.2) is 0 Å². The molecule has 2 aliphatic rings. The van der Waals surface area contributed by atoms with Crippen molar-refractivity contribution in [3.8, 4) is 0 Å². The van der Waals surface area contributed by atoms with Gasteiger partial charge in [-0.05, 0) is 29.5 Å². The van der Waals surface area contributed by atoms with Gasteiger partial charge in [-0.25, -0.2) is 8.42 Å². The van der Waals surface area contributed by atoms with Crippen LogP contribution < -0.4 is 5.32 Å². The zero-order chi connectivity index (χ0) is 10.5. The molecule has 0 atom stereocenters. The molecule has 0 saturated heterocycles. The minimum absolute atomic E-state index is 0. The molecule has 1 aromatic carbocycles. The van der Waals surface area contributed by atoms with E-state index in [9.17, 15) is 8.42 Å². The van der Waals surface area contributed by atoms with Crippen LogP contribution in [0.3, 0.4) is 0 Å². The third kappa shape index (κ3) is 1.65. The lowest BCUT2D eigenvalue weighted by Gasteiger charge is -2.09. The largest absolute Gasteiger partial charge is 0.309 e. The molecule has 1 fully saturated rings. The summed E-state index contributed by atoms with van der Waals surface area (Å²) < 4.78 is 21.9. The summed E-state index contributed by atoms with van der Waals surface area (Å²) in [5.41, 5.74) is 3.55. The predicted octanol–water partition coefficient (Wildman–Crippen LogP) is 1.31. The van der Waals surface area contributed by atoms with E-state index in [4.69, 9.17) is 0 Å². The van der Waals surface area contributed by atoms with Crippen LogP contribution in [-0.4, -0.2) is 8.42 Å². The van der Waals surface area contributed by atoms with Gasteiger partial charge in [0.2, 0.25) is 0 Å². The van der Waals surface area contributed by atoms with Crippen molar-refractivity contribution in [3.63, 3.8) is 0 Å². The average Bonchev–Trinajstić information content (AvgIpc) is 2.91. The van der Waals surface area contributed by atoms with Gasteiger partial charge in [-0.15, -0.1) is 12.4 Å². The van der Waals surface area contributed by atoms with Crippen LogP contribution in [0, 0.1) is 0 Å². The number of nitrogens with one attached hydrogen (secondary N) is 1. The van der Waals surface area contributed by atoms with Crippen LogP contribution >= 0.6 is 12.4 Å². The van der Waals surface area contributed by atoms with Crippen molar-refractivity contribution in [1.82, 2.24) is 5.32 Å². The summed E-state index contributed by atoms with van der Waals surface area (Å²) in [7, 11) is -2.34. The maximum Gasteiger partial charge on any atom is 0.150 e. The molecule has 1 heterocycles. The molecule has 3 nitrogen and oxygen atoms in total. The highest BCUT2D eigenvalue weighted by Crippen LogP contribution is 2.49. The van der Waals surface area contributed by atoms with Crippen molar-refractivity contribution < 1.29 is 8.42 Å². The molecule has 1 aliphatic carbocycles. The number of thiol groups is 1. The second kappa shape index (κ2) is 4.02. The van der Waals surface area contributed by atoms with Crippen LogP contribution in [0.25, 0.3) is 0 Å². The van der Waals surface area contributed by atoms with Crippen LogP contribution in [0.5, 0.6) is 0 Å². The van der Waals surface area contributed by atoms with Crippen LogP contribution in [0.15, 0.2) is 18.2 Å². The first-order chi connectivity index (χ1) is 7.22. The van der Waals surface area contributed by atoms with E-state index >= 15 is 0 Å². The summed E-state index contributed by atoms with van der Waals surface area (Å²) in [6.07, 6.45) is 1.58. The van der Waals surface area contributed by atoms with Gasteiger partial charge in [-0.3, -0.25) is 0 Å². The molecule has 0 unspecified atom stereocenters. The first kappa shape index (κ1) is 11.9. The van der Waals surface area contributed by atoms with E-state index in [1.807, 2.05) is 6.07 Å². The second-order valence-corrected chi connectivity index (χ2v) is 5.75. The van der Waals surface area contributed by atoms with E-state index in [0.29, 0.717) is 0 Å². The Kier molecular flexibility index (Phi) is 2.99. The molecule has 1 saturated carbocycles. The minimum Gasteiger partial charge on any atom is -0.309 e. The van der Waals surface area contributed by atoms with Gasteiger partial charge in [0.25, 0.3) is 0 Å². The van der Waals surface area contributed by atoms with Crippen LogP contribution in [0.2, 0.25) is 0 Å². The maximum atomic E-state index is 11.2. The van der Waals surface area contributed by atoms with Crippen LogP contribution in [0.1, 0.15) is 29.5 Å². The highest BCUT2D eigenvalue weighted by atomic mass is 35.5. The van der Waals surface area contributed by atoms with Crippen molar-refractivity contribution in [2.24, 2.45) is 0 Å². The summed E-state index contributed by atoms with van der Waals surface area (Å²) in [6.45, 7) is 1.78. The highest BCUT2D eigenvalue weighted by Gasteiger charge is 2.48. The van der Waals surface area contributed by atoms with E-state index in [1.165, 1.54) is 11.1 Å². The van der Waals surface area contributed by atoms with Crippen molar-refractivity contribution >= 4 is 23.1 Å². The Balaban J connectivity index is 0.000000963. The molecule has 1 N–H and O–H groups in total. The molecular formula is C11H14ClNO2S. The summed E-state index contributed by atoms with van der Waals surface area (Å²) in [4.78, 5) is 0. The molecule has 88 valence electrons. The smallest absolute Gasteiger partial charge is 0.150 e. The molecule has 1 aromatic rings. The molecule has 1 aliphatic heterocycles. The van der Waals surface area contributed by atoms with Gasteiger partial charge in [0.1, 0.15) is 10.7 Å². The molecule has 0 spiro atoms. The van der Waals surface area contributed by atoms with Gasteiger partial charge < -0.3 is 5.32 Å². The molecule has 0 amide bonds. The van der Waals surface area contributed by atoms with Crippen molar-refractivity contribution in [2.75, 3.05) is 0 Å². The normalized spacial score (nSPS) is 20.3. The zero-order valence-corrected chi connectivity index (χ0v) is 10.4. The number of hydrogen-bond donors (Lipinski definition) is 2. The van der Waals surface area contributed by atoms with E-state index in [-0.39, 0.29) is 12.4 Å². The second-order valence-electron chi connectivity index (χ2n) is 4.38. The number of benzene rings is 1. The monoisotopic (exact) mass is 259 g/mol. The lowest BCUT2D eigenvalue weighted by atomic mass is 10.0. The topological polar surface area (TPSA) is 46.2 Å². The Bertz CT molecular complexity index is 487. The van der Waals surface area contributed by atoms with Gasteiger partial charge >= 0.3 is 0 Å². The maximum absolute atomic E-state index is 11.2. The Morgan fingerprint density at radius 2 is 1.81 bits per heavy atom. The predicted molar refractivity (Wildman–Crippen MR) is 65.5 cm³/mol. The van der Waals surface area contributed by atoms with Crippen LogP contribution in [-0.2, 0) is 28.5 Å². The summed E-state index contributed by atoms with van der Waals surface area (Å²) in [6, 6.07) is 6.10. The van der Waals surface area contributed by atoms with E-state index < -0.39 is 15.5 Å². The van der Waals surface area contributed by atoms with Crippen molar-refractivity contribution in [2.45, 2.75) is 30.7 Å². The Hall–Kier alpha value is -0.580. The quantitative estimate of drug-likeness (QED) is 0.788. The zero-order valence-electron chi connectivity index (χ0n) is 8.73. The fraction of sp³-hybridized carbons (Fsp3) is 0.455. The Morgan fingerprint density at radius 3 is 2.44 bits per heavy atom. The number of hydrogen-bond acceptors (Lipinski definition) is 3. The van der Waals surface area contributed by atoms with Gasteiger partial charge in [-0.2, -0.15) is 0 Å². The number of rotatable bonds is 2. The van der Waals surface area contributed by atoms with E-state index in [1.54, 1.807) is 0 Å². The molecule has 0 aromatic heterocycles. The first-order valence-corrected chi connectivity index (χ1v) is 6.38.